The van der Waals surface area contributed by atoms with E-state index in [1.807, 2.05) is 52.0 Å². The van der Waals surface area contributed by atoms with Crippen LogP contribution in [0.5, 0.6) is 5.75 Å². The number of hydrogen-bond acceptors (Lipinski definition) is 5. The molecular formula is C25H39Cl2N3O3S. The molecule has 9 heteroatoms. The van der Waals surface area contributed by atoms with Gasteiger partial charge in [-0.1, -0.05) is 30.3 Å². The topological polar surface area (TPSA) is 70.7 Å². The second kappa shape index (κ2) is 13.5. The number of nitrogens with zero attached hydrogens (tertiary/aromatic N) is 1. The first kappa shape index (κ1) is 30.5. The van der Waals surface area contributed by atoms with Crippen molar-refractivity contribution in [2.24, 2.45) is 0 Å². The van der Waals surface area contributed by atoms with Crippen LogP contribution in [-0.2, 0) is 16.6 Å². The zero-order chi connectivity index (χ0) is 23.3. The summed E-state index contributed by atoms with van der Waals surface area (Å²) in [6.07, 6.45) is 3.48. The molecular weight excluding hydrogens is 493 g/mol. The minimum atomic E-state index is -3.39. The van der Waals surface area contributed by atoms with Crippen LogP contribution in [0.1, 0.15) is 57.7 Å². The molecule has 1 heterocycles. The molecule has 1 aliphatic rings. The van der Waals surface area contributed by atoms with Crippen molar-refractivity contribution in [3.63, 3.8) is 0 Å². The van der Waals surface area contributed by atoms with Crippen LogP contribution in [0.15, 0.2) is 48.5 Å². The van der Waals surface area contributed by atoms with Crippen molar-refractivity contribution in [2.45, 2.75) is 71.3 Å². The molecule has 0 spiro atoms. The van der Waals surface area contributed by atoms with Gasteiger partial charge < -0.3 is 15.4 Å². The fraction of sp³-hybridized carbons (Fsp3) is 0.520. The number of piperidine rings is 1. The third-order valence-corrected chi connectivity index (χ3v) is 7.01. The first-order valence-corrected chi connectivity index (χ1v) is 13.3. The van der Waals surface area contributed by atoms with E-state index in [2.05, 4.69) is 34.9 Å². The number of nitrogens with one attached hydrogen (secondary N) is 2. The molecule has 0 saturated carbocycles. The Morgan fingerprint density at radius 3 is 2.35 bits per heavy atom. The Morgan fingerprint density at radius 2 is 1.76 bits per heavy atom. The lowest BCUT2D eigenvalue weighted by Crippen LogP contribution is -2.45. The minimum Gasteiger partial charge on any atom is -0.491 e. The first-order valence-electron chi connectivity index (χ1n) is 11.5. The summed E-state index contributed by atoms with van der Waals surface area (Å²) >= 11 is 0. The molecule has 6 nitrogen and oxygen atoms in total. The Bertz CT molecular complexity index is 988. The fourth-order valence-corrected chi connectivity index (χ4v) is 5.70. The van der Waals surface area contributed by atoms with Gasteiger partial charge in [-0.15, -0.1) is 24.8 Å². The number of anilines is 1. The predicted molar refractivity (Wildman–Crippen MR) is 146 cm³/mol. The summed E-state index contributed by atoms with van der Waals surface area (Å²) < 4.78 is 32.4. The van der Waals surface area contributed by atoms with E-state index in [1.165, 1.54) is 16.1 Å². The Morgan fingerprint density at radius 1 is 1.09 bits per heavy atom. The summed E-state index contributed by atoms with van der Waals surface area (Å²) in [4.78, 5) is 0. The van der Waals surface area contributed by atoms with Gasteiger partial charge in [0.05, 0.1) is 18.0 Å². The van der Waals surface area contributed by atoms with Gasteiger partial charge in [-0.05, 0) is 70.8 Å². The van der Waals surface area contributed by atoms with Gasteiger partial charge in [-0.25, -0.2) is 8.42 Å². The molecule has 3 rings (SSSR count). The summed E-state index contributed by atoms with van der Waals surface area (Å²) in [5.41, 5.74) is 2.90. The van der Waals surface area contributed by atoms with Crippen molar-refractivity contribution in [3.05, 3.63) is 59.7 Å². The van der Waals surface area contributed by atoms with Gasteiger partial charge in [0, 0.05) is 30.2 Å². The number of sulfonamides is 1. The minimum absolute atomic E-state index is 0. The lowest BCUT2D eigenvalue weighted by Gasteiger charge is -2.34. The summed E-state index contributed by atoms with van der Waals surface area (Å²) in [5.74, 6) is 0.786. The van der Waals surface area contributed by atoms with E-state index in [9.17, 15) is 8.42 Å². The molecule has 34 heavy (non-hydrogen) atoms. The number of halogens is 2. The molecule has 2 atom stereocenters. The molecule has 0 bridgehead atoms. The van der Waals surface area contributed by atoms with Crippen LogP contribution in [0.3, 0.4) is 0 Å². The van der Waals surface area contributed by atoms with Crippen molar-refractivity contribution >= 4 is 40.5 Å². The van der Waals surface area contributed by atoms with E-state index in [4.69, 9.17) is 4.74 Å². The predicted octanol–water partition coefficient (Wildman–Crippen LogP) is 5.07. The molecule has 2 N–H and O–H groups in total. The Kier molecular flexibility index (Phi) is 12.2. The Labute approximate surface area is 217 Å². The van der Waals surface area contributed by atoms with Crippen LogP contribution in [0, 0.1) is 0 Å². The van der Waals surface area contributed by atoms with E-state index in [1.54, 1.807) is 0 Å². The lowest BCUT2D eigenvalue weighted by molar-refractivity contribution is 0.238. The van der Waals surface area contributed by atoms with Gasteiger partial charge >= 0.3 is 0 Å². The monoisotopic (exact) mass is 531 g/mol. The summed E-state index contributed by atoms with van der Waals surface area (Å²) in [6, 6.07) is 16.5. The molecule has 2 unspecified atom stereocenters. The number of benzene rings is 2. The van der Waals surface area contributed by atoms with E-state index in [0.717, 1.165) is 30.7 Å². The number of hydrogen-bond donors (Lipinski definition) is 2. The molecule has 0 aliphatic carbocycles. The van der Waals surface area contributed by atoms with E-state index < -0.39 is 10.0 Å². The third kappa shape index (κ3) is 8.02. The maximum absolute atomic E-state index is 12.4. The van der Waals surface area contributed by atoms with Crippen LogP contribution in [0.2, 0.25) is 0 Å². The van der Waals surface area contributed by atoms with Crippen molar-refractivity contribution in [3.8, 4) is 5.75 Å². The molecule has 2 aromatic rings. The third-order valence-electron chi connectivity index (χ3n) is 5.66. The molecule has 1 saturated heterocycles. The molecule has 0 radical (unpaired) electrons. The molecule has 1 fully saturated rings. The first-order chi connectivity index (χ1) is 15.2. The van der Waals surface area contributed by atoms with Crippen molar-refractivity contribution in [1.82, 2.24) is 10.6 Å². The molecule has 0 amide bonds. The molecule has 0 aromatic heterocycles. The van der Waals surface area contributed by atoms with Crippen LogP contribution in [0.4, 0.5) is 5.69 Å². The maximum Gasteiger partial charge on any atom is 0.232 e. The second-order valence-electron chi connectivity index (χ2n) is 9.08. The average Bonchev–Trinajstić information content (AvgIpc) is 2.73. The Balaban J connectivity index is 0.00000289. The molecule has 2 aromatic carbocycles. The van der Waals surface area contributed by atoms with Crippen molar-refractivity contribution < 1.29 is 13.2 Å². The Hall–Kier alpha value is -1.51. The smallest absolute Gasteiger partial charge is 0.232 e. The molecule has 1 aliphatic heterocycles. The van der Waals surface area contributed by atoms with Crippen LogP contribution in [-0.4, -0.2) is 39.4 Å². The number of rotatable bonds is 9. The lowest BCUT2D eigenvalue weighted by atomic mass is 9.92. The summed E-state index contributed by atoms with van der Waals surface area (Å²) in [7, 11) is -3.39. The van der Waals surface area contributed by atoms with E-state index >= 15 is 0 Å². The zero-order valence-corrected chi connectivity index (χ0v) is 23.1. The summed E-state index contributed by atoms with van der Waals surface area (Å²) in [6.45, 7) is 9.37. The quantitative estimate of drug-likeness (QED) is 0.472. The van der Waals surface area contributed by atoms with Gasteiger partial charge in [0.25, 0.3) is 0 Å². The summed E-state index contributed by atoms with van der Waals surface area (Å²) in [5, 5.41) is 7.38. The number of ether oxygens (including phenoxy) is 1. The highest BCUT2D eigenvalue weighted by Gasteiger charge is 2.27. The van der Waals surface area contributed by atoms with E-state index in [0.29, 0.717) is 12.2 Å². The highest BCUT2D eigenvalue weighted by molar-refractivity contribution is 7.92. The second-order valence-corrected chi connectivity index (χ2v) is 10.9. The highest BCUT2D eigenvalue weighted by atomic mass is 35.5. The van der Waals surface area contributed by atoms with Gasteiger partial charge in [0.2, 0.25) is 10.0 Å². The molecule has 192 valence electrons. The van der Waals surface area contributed by atoms with Crippen LogP contribution < -0.4 is 19.7 Å². The van der Waals surface area contributed by atoms with Gasteiger partial charge in [-0.2, -0.15) is 0 Å². The largest absolute Gasteiger partial charge is 0.491 e. The standard InChI is InChI=1S/C25H37N3O3S.2ClH/c1-18(2)28(32(5,29)30)22-13-14-24(31-19(3)4)21(16-22)17-27-23-12-9-15-26-25(23)20-10-7-6-8-11-20;;/h6-8,10-11,13-14,16,18-19,23,25-27H,9,12,15,17H2,1-5H3;2*1H. The fourth-order valence-electron chi connectivity index (χ4n) is 4.44. The van der Waals surface area contributed by atoms with Gasteiger partial charge in [0.1, 0.15) is 5.75 Å². The van der Waals surface area contributed by atoms with Crippen LogP contribution in [0.25, 0.3) is 0 Å². The SMILES string of the molecule is CC(C)Oc1ccc(N(C(C)C)S(C)(=O)=O)cc1CNC1CCCNC1c1ccccc1.Cl.Cl. The highest BCUT2D eigenvalue weighted by Crippen LogP contribution is 2.30. The zero-order valence-electron chi connectivity index (χ0n) is 20.7. The van der Waals surface area contributed by atoms with Crippen molar-refractivity contribution in [2.75, 3.05) is 17.1 Å². The van der Waals surface area contributed by atoms with Crippen molar-refractivity contribution in [1.29, 1.82) is 0 Å². The maximum atomic E-state index is 12.4. The normalized spacial score (nSPS) is 18.2. The van der Waals surface area contributed by atoms with E-state index in [-0.39, 0.29) is 49.0 Å². The average molecular weight is 533 g/mol. The van der Waals surface area contributed by atoms with Gasteiger partial charge in [0.15, 0.2) is 0 Å². The van der Waals surface area contributed by atoms with Crippen LogP contribution >= 0.6 is 24.8 Å². The van der Waals surface area contributed by atoms with Gasteiger partial charge in [-0.3, -0.25) is 4.31 Å².